The van der Waals surface area contributed by atoms with Crippen LogP contribution >= 0.6 is 0 Å². The number of nitrogens with zero attached hydrogens (tertiary/aromatic N) is 1. The molecular formula is C14H21N3O4S. The van der Waals surface area contributed by atoms with Gasteiger partial charge in [0.05, 0.1) is 7.11 Å². The van der Waals surface area contributed by atoms with Crippen LogP contribution in [0.5, 0.6) is 0 Å². The number of rotatable bonds is 6. The first-order valence-electron chi connectivity index (χ1n) is 7.13. The number of nitrogens with one attached hydrogen (secondary N) is 2. The van der Waals surface area contributed by atoms with Crippen LogP contribution in [0.1, 0.15) is 5.56 Å². The van der Waals surface area contributed by atoms with Gasteiger partial charge < -0.3 is 10.1 Å². The normalized spacial score (nSPS) is 17.9. The van der Waals surface area contributed by atoms with E-state index in [4.69, 9.17) is 4.74 Å². The molecule has 8 heteroatoms. The van der Waals surface area contributed by atoms with Crippen LogP contribution in [0.3, 0.4) is 0 Å². The van der Waals surface area contributed by atoms with Crippen LogP contribution in [-0.2, 0) is 26.2 Å². The number of piperazine rings is 1. The second kappa shape index (κ2) is 7.68. The van der Waals surface area contributed by atoms with Gasteiger partial charge >= 0.3 is 5.97 Å². The van der Waals surface area contributed by atoms with E-state index < -0.39 is 22.2 Å². The molecule has 1 aliphatic heterocycles. The minimum absolute atomic E-state index is 0.249. The summed E-state index contributed by atoms with van der Waals surface area (Å²) >= 11 is 0. The molecule has 0 spiro atoms. The SMILES string of the molecule is COC(=O)[C@H](Cc1ccccc1)NS(=O)(=O)N1CCNCC1. The molecule has 0 radical (unpaired) electrons. The zero-order valence-electron chi connectivity index (χ0n) is 12.5. The highest BCUT2D eigenvalue weighted by atomic mass is 32.2. The number of hydrogen-bond donors (Lipinski definition) is 2. The van der Waals surface area contributed by atoms with Crippen LogP contribution in [-0.4, -0.2) is 58.0 Å². The molecule has 0 aromatic heterocycles. The summed E-state index contributed by atoms with van der Waals surface area (Å²) in [5.41, 5.74) is 0.862. The van der Waals surface area contributed by atoms with Gasteiger partial charge in [-0.05, 0) is 12.0 Å². The van der Waals surface area contributed by atoms with E-state index in [0.29, 0.717) is 26.2 Å². The summed E-state index contributed by atoms with van der Waals surface area (Å²) in [6, 6.07) is 8.29. The first-order valence-corrected chi connectivity index (χ1v) is 8.57. The fraction of sp³-hybridized carbons (Fsp3) is 0.500. The Kier molecular flexibility index (Phi) is 5.90. The van der Waals surface area contributed by atoms with E-state index in [9.17, 15) is 13.2 Å². The van der Waals surface area contributed by atoms with Crippen molar-refractivity contribution in [3.63, 3.8) is 0 Å². The third kappa shape index (κ3) is 4.51. The van der Waals surface area contributed by atoms with Crippen molar-refractivity contribution in [3.8, 4) is 0 Å². The molecule has 0 bridgehead atoms. The van der Waals surface area contributed by atoms with Crippen LogP contribution in [0.2, 0.25) is 0 Å². The molecule has 1 atom stereocenters. The quantitative estimate of drug-likeness (QED) is 0.689. The van der Waals surface area contributed by atoms with Gasteiger partial charge in [0, 0.05) is 26.2 Å². The molecule has 1 fully saturated rings. The Morgan fingerprint density at radius 3 is 2.55 bits per heavy atom. The Morgan fingerprint density at radius 2 is 1.95 bits per heavy atom. The molecule has 0 saturated carbocycles. The summed E-state index contributed by atoms with van der Waals surface area (Å²) in [7, 11) is -2.47. The molecule has 122 valence electrons. The first-order chi connectivity index (χ1) is 10.5. The van der Waals surface area contributed by atoms with E-state index in [0.717, 1.165) is 5.56 Å². The topological polar surface area (TPSA) is 87.7 Å². The van der Waals surface area contributed by atoms with Crippen molar-refractivity contribution in [1.29, 1.82) is 0 Å². The maximum Gasteiger partial charge on any atom is 0.324 e. The lowest BCUT2D eigenvalue weighted by Gasteiger charge is -2.28. The molecule has 1 heterocycles. The molecule has 22 heavy (non-hydrogen) atoms. The van der Waals surface area contributed by atoms with Gasteiger partial charge in [-0.15, -0.1) is 0 Å². The average molecular weight is 327 g/mol. The van der Waals surface area contributed by atoms with Gasteiger partial charge in [0.2, 0.25) is 0 Å². The highest BCUT2D eigenvalue weighted by Crippen LogP contribution is 2.08. The highest BCUT2D eigenvalue weighted by molar-refractivity contribution is 7.87. The Hall–Kier alpha value is -1.48. The van der Waals surface area contributed by atoms with Gasteiger partial charge in [-0.1, -0.05) is 30.3 Å². The van der Waals surface area contributed by atoms with E-state index in [1.54, 1.807) is 0 Å². The number of carbonyl (C=O) groups is 1. The van der Waals surface area contributed by atoms with Crippen molar-refractivity contribution in [2.24, 2.45) is 0 Å². The van der Waals surface area contributed by atoms with Gasteiger partial charge in [-0.2, -0.15) is 17.4 Å². The summed E-state index contributed by atoms with van der Waals surface area (Å²) in [4.78, 5) is 11.9. The Balaban J connectivity index is 2.10. The number of hydrogen-bond acceptors (Lipinski definition) is 5. The molecule has 7 nitrogen and oxygen atoms in total. The Bertz CT molecular complexity index is 585. The van der Waals surface area contributed by atoms with Crippen LogP contribution < -0.4 is 10.0 Å². The van der Waals surface area contributed by atoms with E-state index in [1.807, 2.05) is 30.3 Å². The molecule has 1 aromatic rings. The van der Waals surface area contributed by atoms with Gasteiger partial charge in [-0.25, -0.2) is 0 Å². The standard InChI is InChI=1S/C14H21N3O4S/c1-21-14(18)13(11-12-5-3-2-4-6-12)16-22(19,20)17-9-7-15-8-10-17/h2-6,13,15-16H,7-11H2,1H3/t13-/m0/s1. The van der Waals surface area contributed by atoms with Crippen molar-refractivity contribution >= 4 is 16.2 Å². The summed E-state index contributed by atoms with van der Waals surface area (Å²) in [5, 5.41) is 3.09. The smallest absolute Gasteiger partial charge is 0.324 e. The average Bonchev–Trinajstić information content (AvgIpc) is 2.55. The maximum absolute atomic E-state index is 12.4. The lowest BCUT2D eigenvalue weighted by molar-refractivity contribution is -0.142. The number of benzene rings is 1. The number of ether oxygens (including phenoxy) is 1. The second-order valence-electron chi connectivity index (χ2n) is 5.04. The lowest BCUT2D eigenvalue weighted by atomic mass is 10.1. The van der Waals surface area contributed by atoms with Crippen molar-refractivity contribution in [2.45, 2.75) is 12.5 Å². The molecule has 0 aliphatic carbocycles. The van der Waals surface area contributed by atoms with Crippen LogP contribution in [0, 0.1) is 0 Å². The van der Waals surface area contributed by atoms with Gasteiger partial charge in [0.15, 0.2) is 0 Å². The lowest BCUT2D eigenvalue weighted by Crippen LogP contribution is -2.54. The zero-order chi connectivity index (χ0) is 16.0. The van der Waals surface area contributed by atoms with E-state index in [1.165, 1.54) is 11.4 Å². The molecular weight excluding hydrogens is 306 g/mol. The Morgan fingerprint density at radius 1 is 1.32 bits per heavy atom. The zero-order valence-corrected chi connectivity index (χ0v) is 13.3. The van der Waals surface area contributed by atoms with Crippen LogP contribution in [0.25, 0.3) is 0 Å². The fourth-order valence-electron chi connectivity index (χ4n) is 2.30. The molecule has 0 amide bonds. The summed E-state index contributed by atoms with van der Waals surface area (Å²) < 4.78 is 33.3. The predicted molar refractivity (Wildman–Crippen MR) is 82.4 cm³/mol. The van der Waals surface area contributed by atoms with E-state index in [-0.39, 0.29) is 6.42 Å². The predicted octanol–water partition coefficient (Wildman–Crippen LogP) is -0.490. The van der Waals surface area contributed by atoms with E-state index >= 15 is 0 Å². The molecule has 1 aliphatic rings. The van der Waals surface area contributed by atoms with Crippen LogP contribution in [0.15, 0.2) is 30.3 Å². The first kappa shape index (κ1) is 16.9. The number of esters is 1. The molecule has 2 N–H and O–H groups in total. The molecule has 0 unspecified atom stereocenters. The minimum Gasteiger partial charge on any atom is -0.468 e. The third-order valence-electron chi connectivity index (χ3n) is 3.48. The van der Waals surface area contributed by atoms with Crippen molar-refractivity contribution in [2.75, 3.05) is 33.3 Å². The highest BCUT2D eigenvalue weighted by Gasteiger charge is 2.30. The molecule has 1 saturated heterocycles. The monoisotopic (exact) mass is 327 g/mol. The minimum atomic E-state index is -3.72. The van der Waals surface area contributed by atoms with Gasteiger partial charge in [0.25, 0.3) is 10.2 Å². The third-order valence-corrected chi connectivity index (χ3v) is 5.10. The summed E-state index contributed by atoms with van der Waals surface area (Å²) in [6.07, 6.45) is 0.249. The maximum atomic E-state index is 12.4. The molecule has 2 rings (SSSR count). The molecule has 1 aromatic carbocycles. The van der Waals surface area contributed by atoms with Crippen LogP contribution in [0.4, 0.5) is 0 Å². The van der Waals surface area contributed by atoms with Crippen molar-refractivity contribution in [3.05, 3.63) is 35.9 Å². The largest absolute Gasteiger partial charge is 0.468 e. The summed E-state index contributed by atoms with van der Waals surface area (Å²) in [6.45, 7) is 1.97. The summed E-state index contributed by atoms with van der Waals surface area (Å²) in [5.74, 6) is -0.595. The second-order valence-corrected chi connectivity index (χ2v) is 6.74. The van der Waals surface area contributed by atoms with Gasteiger partial charge in [0.1, 0.15) is 6.04 Å². The van der Waals surface area contributed by atoms with Crippen molar-refractivity contribution < 1.29 is 17.9 Å². The Labute approximate surface area is 130 Å². The number of methoxy groups -OCH3 is 1. The van der Waals surface area contributed by atoms with Gasteiger partial charge in [-0.3, -0.25) is 4.79 Å². The number of carbonyl (C=O) groups excluding carboxylic acids is 1. The van der Waals surface area contributed by atoms with Crippen molar-refractivity contribution in [1.82, 2.24) is 14.3 Å². The van der Waals surface area contributed by atoms with E-state index in [2.05, 4.69) is 10.0 Å². The fourth-order valence-corrected chi connectivity index (χ4v) is 3.66.